The molecule has 27 heavy (non-hydrogen) atoms. The number of nitrogens with zero attached hydrogens (tertiary/aromatic N) is 5. The van der Waals surface area contributed by atoms with Gasteiger partial charge in [0.25, 0.3) is 5.91 Å². The van der Waals surface area contributed by atoms with E-state index in [2.05, 4.69) is 25.3 Å². The van der Waals surface area contributed by atoms with Crippen molar-refractivity contribution in [2.24, 2.45) is 0 Å². The van der Waals surface area contributed by atoms with Gasteiger partial charge in [0.2, 0.25) is 5.95 Å². The fourth-order valence-electron chi connectivity index (χ4n) is 3.33. The molecular weight excluding hydrogens is 340 g/mol. The van der Waals surface area contributed by atoms with Crippen LogP contribution in [0.15, 0.2) is 42.7 Å². The van der Waals surface area contributed by atoms with E-state index < -0.39 is 0 Å². The Kier molecular flexibility index (Phi) is 4.58. The number of rotatable bonds is 4. The summed E-state index contributed by atoms with van der Waals surface area (Å²) in [6, 6.07) is 9.20. The van der Waals surface area contributed by atoms with Crippen molar-refractivity contribution in [2.45, 2.75) is 26.7 Å². The number of hydrogen-bond acceptors (Lipinski definition) is 5. The van der Waals surface area contributed by atoms with Crippen LogP contribution in [0.5, 0.6) is 0 Å². The molecule has 2 aromatic heterocycles. The molecular formula is C20H22N6O. The highest BCUT2D eigenvalue weighted by molar-refractivity contribution is 6.05. The Morgan fingerprint density at radius 1 is 1.07 bits per heavy atom. The van der Waals surface area contributed by atoms with Crippen LogP contribution >= 0.6 is 0 Å². The molecule has 0 aliphatic carbocycles. The maximum absolute atomic E-state index is 12.8. The van der Waals surface area contributed by atoms with Crippen LogP contribution in [0.25, 0.3) is 5.69 Å². The first kappa shape index (κ1) is 17.2. The molecule has 0 spiro atoms. The van der Waals surface area contributed by atoms with Gasteiger partial charge in [-0.05, 0) is 51.0 Å². The van der Waals surface area contributed by atoms with Gasteiger partial charge >= 0.3 is 0 Å². The topological polar surface area (TPSA) is 75.9 Å². The molecule has 1 amide bonds. The average molecular weight is 362 g/mol. The van der Waals surface area contributed by atoms with E-state index in [1.54, 1.807) is 16.9 Å². The quantitative estimate of drug-likeness (QED) is 0.772. The van der Waals surface area contributed by atoms with Crippen molar-refractivity contribution < 1.29 is 4.79 Å². The van der Waals surface area contributed by atoms with E-state index in [-0.39, 0.29) is 5.91 Å². The number of aryl methyl sites for hydroxylation is 2. The molecule has 1 aliphatic heterocycles. The predicted molar refractivity (Wildman–Crippen MR) is 104 cm³/mol. The van der Waals surface area contributed by atoms with Crippen molar-refractivity contribution in [3.05, 3.63) is 59.7 Å². The molecule has 1 aliphatic rings. The van der Waals surface area contributed by atoms with Gasteiger partial charge in [-0.3, -0.25) is 4.79 Å². The zero-order chi connectivity index (χ0) is 18.8. The number of carbonyl (C=O) groups excluding carboxylic acids is 1. The fourth-order valence-corrected chi connectivity index (χ4v) is 3.33. The van der Waals surface area contributed by atoms with Crippen molar-refractivity contribution in [2.75, 3.05) is 23.3 Å². The van der Waals surface area contributed by atoms with Crippen LogP contribution in [0, 0.1) is 13.8 Å². The highest BCUT2D eigenvalue weighted by Crippen LogP contribution is 2.23. The first-order chi connectivity index (χ1) is 13.1. The Balaban J connectivity index is 1.57. The van der Waals surface area contributed by atoms with E-state index in [1.807, 2.05) is 44.3 Å². The summed E-state index contributed by atoms with van der Waals surface area (Å²) < 4.78 is 1.72. The standard InChI is InChI=1S/C20H22N6O/c1-14-18(15(2)23-20(22-14)25-10-3-4-11-25)24-19(27)16-7-5-8-17(13-16)26-12-6-9-21-26/h5-9,12-13H,3-4,10-11H2,1-2H3,(H,24,27). The maximum Gasteiger partial charge on any atom is 0.255 e. The van der Waals surface area contributed by atoms with Gasteiger partial charge in [-0.25, -0.2) is 14.6 Å². The monoisotopic (exact) mass is 362 g/mol. The molecule has 0 bridgehead atoms. The van der Waals surface area contributed by atoms with Gasteiger partial charge in [-0.2, -0.15) is 5.10 Å². The summed E-state index contributed by atoms with van der Waals surface area (Å²) in [6.07, 6.45) is 5.90. The Morgan fingerprint density at radius 3 is 2.48 bits per heavy atom. The normalized spacial score (nSPS) is 13.8. The summed E-state index contributed by atoms with van der Waals surface area (Å²) >= 11 is 0. The number of aromatic nitrogens is 4. The number of nitrogens with one attached hydrogen (secondary N) is 1. The molecule has 7 nitrogen and oxygen atoms in total. The minimum absolute atomic E-state index is 0.187. The van der Waals surface area contributed by atoms with Gasteiger partial charge in [0.15, 0.2) is 0 Å². The Labute approximate surface area is 158 Å². The van der Waals surface area contributed by atoms with Gasteiger partial charge < -0.3 is 10.2 Å². The Morgan fingerprint density at radius 2 is 1.81 bits per heavy atom. The van der Waals surface area contributed by atoms with Gasteiger partial charge in [-0.1, -0.05) is 6.07 Å². The SMILES string of the molecule is Cc1nc(N2CCCC2)nc(C)c1NC(=O)c1cccc(-n2cccn2)c1. The summed E-state index contributed by atoms with van der Waals surface area (Å²) in [6.45, 7) is 5.80. The molecule has 4 rings (SSSR count). The van der Waals surface area contributed by atoms with E-state index >= 15 is 0 Å². The zero-order valence-corrected chi connectivity index (χ0v) is 15.5. The van der Waals surface area contributed by atoms with Crippen molar-refractivity contribution in [3.8, 4) is 5.69 Å². The minimum Gasteiger partial charge on any atom is -0.341 e. The molecule has 0 saturated carbocycles. The number of anilines is 2. The largest absolute Gasteiger partial charge is 0.341 e. The number of carbonyl (C=O) groups is 1. The molecule has 7 heteroatoms. The lowest BCUT2D eigenvalue weighted by atomic mass is 10.1. The van der Waals surface area contributed by atoms with Crippen LogP contribution in [-0.2, 0) is 0 Å². The number of amides is 1. The Bertz CT molecular complexity index is 937. The van der Waals surface area contributed by atoms with Gasteiger partial charge in [0.05, 0.1) is 22.8 Å². The van der Waals surface area contributed by atoms with Crippen molar-refractivity contribution >= 4 is 17.5 Å². The second-order valence-corrected chi connectivity index (χ2v) is 6.72. The summed E-state index contributed by atoms with van der Waals surface area (Å²) in [5, 5.41) is 7.18. The molecule has 0 atom stereocenters. The predicted octanol–water partition coefficient (Wildman–Crippen LogP) is 3.13. The number of hydrogen-bond donors (Lipinski definition) is 1. The third kappa shape index (κ3) is 3.53. The second-order valence-electron chi connectivity index (χ2n) is 6.72. The molecule has 0 unspecified atom stereocenters. The van der Waals surface area contributed by atoms with Crippen molar-refractivity contribution in [3.63, 3.8) is 0 Å². The van der Waals surface area contributed by atoms with E-state index in [1.165, 1.54) is 12.8 Å². The van der Waals surface area contributed by atoms with E-state index in [9.17, 15) is 4.79 Å². The maximum atomic E-state index is 12.8. The number of benzene rings is 1. The van der Waals surface area contributed by atoms with Gasteiger partial charge in [-0.15, -0.1) is 0 Å². The van der Waals surface area contributed by atoms with E-state index in [0.29, 0.717) is 11.3 Å². The lowest BCUT2D eigenvalue weighted by Gasteiger charge is -2.18. The molecule has 1 N–H and O–H groups in total. The Hall–Kier alpha value is -3.22. The van der Waals surface area contributed by atoms with Crippen LogP contribution in [-0.4, -0.2) is 38.7 Å². The molecule has 1 saturated heterocycles. The molecule has 0 radical (unpaired) electrons. The summed E-state index contributed by atoms with van der Waals surface area (Å²) in [5.41, 5.74) is 3.63. The van der Waals surface area contributed by atoms with E-state index in [4.69, 9.17) is 0 Å². The van der Waals surface area contributed by atoms with Crippen LogP contribution < -0.4 is 10.2 Å². The summed E-state index contributed by atoms with van der Waals surface area (Å²) in [4.78, 5) is 24.2. The van der Waals surface area contributed by atoms with Crippen LogP contribution in [0.3, 0.4) is 0 Å². The molecule has 1 fully saturated rings. The minimum atomic E-state index is -0.187. The summed E-state index contributed by atoms with van der Waals surface area (Å²) in [7, 11) is 0. The van der Waals surface area contributed by atoms with E-state index in [0.717, 1.165) is 36.1 Å². The summed E-state index contributed by atoms with van der Waals surface area (Å²) in [5.74, 6) is 0.564. The highest BCUT2D eigenvalue weighted by Gasteiger charge is 2.19. The fraction of sp³-hybridized carbons (Fsp3) is 0.300. The third-order valence-corrected chi connectivity index (χ3v) is 4.76. The van der Waals surface area contributed by atoms with Gasteiger partial charge in [0, 0.05) is 31.0 Å². The van der Waals surface area contributed by atoms with Gasteiger partial charge in [0.1, 0.15) is 0 Å². The van der Waals surface area contributed by atoms with Crippen molar-refractivity contribution in [1.82, 2.24) is 19.7 Å². The molecule has 138 valence electrons. The van der Waals surface area contributed by atoms with Crippen LogP contribution in [0.1, 0.15) is 34.6 Å². The third-order valence-electron chi connectivity index (χ3n) is 4.76. The second kappa shape index (κ2) is 7.19. The first-order valence-electron chi connectivity index (χ1n) is 9.13. The lowest BCUT2D eigenvalue weighted by molar-refractivity contribution is 0.102. The molecule has 3 aromatic rings. The van der Waals surface area contributed by atoms with Crippen LogP contribution in [0.2, 0.25) is 0 Å². The zero-order valence-electron chi connectivity index (χ0n) is 15.5. The lowest BCUT2D eigenvalue weighted by Crippen LogP contribution is -2.22. The van der Waals surface area contributed by atoms with Crippen molar-refractivity contribution in [1.29, 1.82) is 0 Å². The average Bonchev–Trinajstić information content (AvgIpc) is 3.38. The smallest absolute Gasteiger partial charge is 0.255 e. The highest BCUT2D eigenvalue weighted by atomic mass is 16.1. The first-order valence-corrected chi connectivity index (χ1v) is 9.13. The van der Waals surface area contributed by atoms with Crippen LogP contribution in [0.4, 0.5) is 11.6 Å². The molecule has 3 heterocycles. The molecule has 1 aromatic carbocycles.